The van der Waals surface area contributed by atoms with Crippen LogP contribution in [-0.2, 0) is 4.74 Å². The Morgan fingerprint density at radius 3 is 2.87 bits per heavy atom. The van der Waals surface area contributed by atoms with Crippen molar-refractivity contribution < 1.29 is 4.74 Å². The fraction of sp³-hybridized carbons (Fsp3) is 1.00. The standard InChI is InChI=1S/C12H24N2O/c1-11-4-2-6-14(11)9-12(8-13)5-3-7-15-10-12/h11H,2-10,13H2,1H3. The second-order valence-electron chi connectivity index (χ2n) is 5.32. The van der Waals surface area contributed by atoms with Gasteiger partial charge >= 0.3 is 0 Å². The van der Waals surface area contributed by atoms with Gasteiger partial charge < -0.3 is 10.5 Å². The Morgan fingerprint density at radius 1 is 1.47 bits per heavy atom. The summed E-state index contributed by atoms with van der Waals surface area (Å²) in [6, 6.07) is 0.746. The highest BCUT2D eigenvalue weighted by molar-refractivity contribution is 4.89. The lowest BCUT2D eigenvalue weighted by Gasteiger charge is -2.40. The monoisotopic (exact) mass is 212 g/mol. The molecule has 0 aromatic heterocycles. The lowest BCUT2D eigenvalue weighted by molar-refractivity contribution is -0.0228. The molecule has 2 saturated heterocycles. The highest BCUT2D eigenvalue weighted by atomic mass is 16.5. The topological polar surface area (TPSA) is 38.5 Å². The Balaban J connectivity index is 1.94. The molecule has 0 amide bonds. The smallest absolute Gasteiger partial charge is 0.0546 e. The third-order valence-corrected chi connectivity index (χ3v) is 4.07. The van der Waals surface area contributed by atoms with Gasteiger partial charge in [-0.1, -0.05) is 0 Å². The summed E-state index contributed by atoms with van der Waals surface area (Å²) in [5.74, 6) is 0. The van der Waals surface area contributed by atoms with E-state index in [1.165, 1.54) is 32.2 Å². The van der Waals surface area contributed by atoms with Gasteiger partial charge in [-0.2, -0.15) is 0 Å². The second kappa shape index (κ2) is 4.81. The first-order valence-electron chi connectivity index (χ1n) is 6.28. The van der Waals surface area contributed by atoms with Crippen LogP contribution in [0.5, 0.6) is 0 Å². The molecule has 2 N–H and O–H groups in total. The number of likely N-dealkylation sites (tertiary alicyclic amines) is 1. The van der Waals surface area contributed by atoms with E-state index in [4.69, 9.17) is 10.5 Å². The van der Waals surface area contributed by atoms with Crippen molar-refractivity contribution in [3.05, 3.63) is 0 Å². The summed E-state index contributed by atoms with van der Waals surface area (Å²) in [5, 5.41) is 0. The van der Waals surface area contributed by atoms with Gasteiger partial charge in [-0.3, -0.25) is 4.90 Å². The molecule has 0 aliphatic carbocycles. The molecule has 2 unspecified atom stereocenters. The van der Waals surface area contributed by atoms with Crippen LogP contribution in [0.15, 0.2) is 0 Å². The van der Waals surface area contributed by atoms with Gasteiger partial charge in [0.15, 0.2) is 0 Å². The van der Waals surface area contributed by atoms with Crippen molar-refractivity contribution in [1.29, 1.82) is 0 Å². The number of hydrogen-bond donors (Lipinski definition) is 1. The summed E-state index contributed by atoms with van der Waals surface area (Å²) in [6.45, 7) is 7.30. The molecule has 0 bridgehead atoms. The second-order valence-corrected chi connectivity index (χ2v) is 5.32. The number of nitrogens with zero attached hydrogens (tertiary/aromatic N) is 1. The van der Waals surface area contributed by atoms with Gasteiger partial charge in [0.05, 0.1) is 6.61 Å². The summed E-state index contributed by atoms with van der Waals surface area (Å²) in [4.78, 5) is 2.60. The highest BCUT2D eigenvalue weighted by Crippen LogP contribution is 2.31. The normalized spacial score (nSPS) is 38.4. The minimum absolute atomic E-state index is 0.247. The van der Waals surface area contributed by atoms with E-state index in [9.17, 15) is 0 Å². The van der Waals surface area contributed by atoms with Crippen LogP contribution in [0.4, 0.5) is 0 Å². The van der Waals surface area contributed by atoms with Crippen molar-refractivity contribution in [2.24, 2.45) is 11.1 Å². The number of rotatable bonds is 3. The first-order chi connectivity index (χ1) is 7.26. The largest absolute Gasteiger partial charge is 0.381 e. The SMILES string of the molecule is CC1CCCN1CC1(CN)CCCOC1. The van der Waals surface area contributed by atoms with Crippen molar-refractivity contribution in [2.75, 3.05) is 32.8 Å². The van der Waals surface area contributed by atoms with Crippen LogP contribution < -0.4 is 5.73 Å². The molecule has 2 aliphatic rings. The van der Waals surface area contributed by atoms with Gasteiger partial charge in [0, 0.05) is 31.2 Å². The average molecular weight is 212 g/mol. The maximum absolute atomic E-state index is 5.96. The Bertz CT molecular complexity index is 202. The number of ether oxygens (including phenoxy) is 1. The summed E-state index contributed by atoms with van der Waals surface area (Å²) >= 11 is 0. The Hall–Kier alpha value is -0.120. The van der Waals surface area contributed by atoms with E-state index in [-0.39, 0.29) is 5.41 Å². The Labute approximate surface area is 93.0 Å². The lowest BCUT2D eigenvalue weighted by Crippen LogP contribution is -2.48. The van der Waals surface area contributed by atoms with E-state index in [2.05, 4.69) is 11.8 Å². The van der Waals surface area contributed by atoms with E-state index in [0.29, 0.717) is 0 Å². The molecule has 2 aliphatic heterocycles. The van der Waals surface area contributed by atoms with Gasteiger partial charge in [0.25, 0.3) is 0 Å². The molecule has 0 spiro atoms. The summed E-state index contributed by atoms with van der Waals surface area (Å²) in [7, 11) is 0. The Kier molecular flexibility index (Phi) is 3.65. The van der Waals surface area contributed by atoms with Crippen LogP contribution in [0.25, 0.3) is 0 Å². The minimum atomic E-state index is 0.247. The molecule has 2 rings (SSSR count). The molecule has 3 heteroatoms. The molecule has 0 saturated carbocycles. The maximum atomic E-state index is 5.96. The van der Waals surface area contributed by atoms with Crippen LogP contribution >= 0.6 is 0 Å². The molecule has 2 heterocycles. The van der Waals surface area contributed by atoms with Crippen molar-refractivity contribution in [3.63, 3.8) is 0 Å². The quantitative estimate of drug-likeness (QED) is 0.764. The zero-order chi connectivity index (χ0) is 10.7. The summed E-state index contributed by atoms with van der Waals surface area (Å²) in [6.07, 6.45) is 5.12. The van der Waals surface area contributed by atoms with Crippen molar-refractivity contribution in [2.45, 2.75) is 38.6 Å². The number of hydrogen-bond acceptors (Lipinski definition) is 3. The fourth-order valence-electron chi connectivity index (χ4n) is 2.92. The van der Waals surface area contributed by atoms with Gasteiger partial charge in [-0.25, -0.2) is 0 Å². The van der Waals surface area contributed by atoms with Gasteiger partial charge in [0.2, 0.25) is 0 Å². The van der Waals surface area contributed by atoms with E-state index >= 15 is 0 Å². The van der Waals surface area contributed by atoms with Gasteiger partial charge in [-0.05, 0) is 39.2 Å². The molecule has 0 aromatic carbocycles. The third-order valence-electron chi connectivity index (χ3n) is 4.07. The number of nitrogens with two attached hydrogens (primary N) is 1. The molecule has 88 valence electrons. The van der Waals surface area contributed by atoms with E-state index in [0.717, 1.165) is 32.3 Å². The lowest BCUT2D eigenvalue weighted by atomic mass is 9.82. The third kappa shape index (κ3) is 2.52. The zero-order valence-electron chi connectivity index (χ0n) is 9.87. The molecule has 2 atom stereocenters. The van der Waals surface area contributed by atoms with E-state index < -0.39 is 0 Å². The summed E-state index contributed by atoms with van der Waals surface area (Å²) in [5.41, 5.74) is 6.20. The minimum Gasteiger partial charge on any atom is -0.381 e. The van der Waals surface area contributed by atoms with E-state index in [1.54, 1.807) is 0 Å². The fourth-order valence-corrected chi connectivity index (χ4v) is 2.92. The first kappa shape index (κ1) is 11.4. The highest BCUT2D eigenvalue weighted by Gasteiger charge is 2.35. The van der Waals surface area contributed by atoms with Gasteiger partial charge in [0.1, 0.15) is 0 Å². The first-order valence-corrected chi connectivity index (χ1v) is 6.28. The van der Waals surface area contributed by atoms with Crippen LogP contribution in [0.1, 0.15) is 32.6 Å². The predicted molar refractivity (Wildman–Crippen MR) is 61.8 cm³/mol. The molecular weight excluding hydrogens is 188 g/mol. The van der Waals surface area contributed by atoms with E-state index in [1.807, 2.05) is 0 Å². The van der Waals surface area contributed by atoms with Crippen molar-refractivity contribution >= 4 is 0 Å². The molecule has 2 fully saturated rings. The molecule has 15 heavy (non-hydrogen) atoms. The summed E-state index contributed by atoms with van der Waals surface area (Å²) < 4.78 is 5.62. The Morgan fingerprint density at radius 2 is 2.33 bits per heavy atom. The van der Waals surface area contributed by atoms with Crippen molar-refractivity contribution in [3.8, 4) is 0 Å². The maximum Gasteiger partial charge on any atom is 0.0546 e. The van der Waals surface area contributed by atoms with Gasteiger partial charge in [-0.15, -0.1) is 0 Å². The molecule has 0 aromatic rings. The molecule has 0 radical (unpaired) electrons. The predicted octanol–water partition coefficient (Wildman–Crippen LogP) is 1.23. The van der Waals surface area contributed by atoms with Crippen LogP contribution in [-0.4, -0.2) is 43.8 Å². The van der Waals surface area contributed by atoms with Crippen LogP contribution in [0, 0.1) is 5.41 Å². The van der Waals surface area contributed by atoms with Crippen LogP contribution in [0.3, 0.4) is 0 Å². The van der Waals surface area contributed by atoms with Crippen LogP contribution in [0.2, 0.25) is 0 Å². The molecular formula is C12H24N2O. The van der Waals surface area contributed by atoms with Crippen molar-refractivity contribution in [1.82, 2.24) is 4.90 Å². The zero-order valence-corrected chi connectivity index (χ0v) is 9.87. The average Bonchev–Trinajstić information content (AvgIpc) is 2.66. The molecule has 3 nitrogen and oxygen atoms in total.